The van der Waals surface area contributed by atoms with Crippen LogP contribution in [0.5, 0.6) is 0 Å². The van der Waals surface area contributed by atoms with Crippen molar-refractivity contribution < 1.29 is 13.6 Å². The number of nitrogens with one attached hydrogen (secondary N) is 2. The van der Waals surface area contributed by atoms with Crippen LogP contribution >= 0.6 is 15.9 Å². The predicted octanol–water partition coefficient (Wildman–Crippen LogP) is 4.63. The molecular formula is C21H19BrF2N4O. The van der Waals surface area contributed by atoms with Gasteiger partial charge in [-0.25, -0.2) is 13.5 Å². The van der Waals surface area contributed by atoms with Gasteiger partial charge in [0, 0.05) is 10.4 Å². The van der Waals surface area contributed by atoms with Gasteiger partial charge < -0.3 is 10.6 Å². The molecule has 5 nitrogen and oxygen atoms in total. The van der Waals surface area contributed by atoms with Gasteiger partial charge in [-0.15, -0.1) is 0 Å². The highest BCUT2D eigenvalue weighted by atomic mass is 79.9. The van der Waals surface area contributed by atoms with E-state index in [1.807, 2.05) is 0 Å². The summed E-state index contributed by atoms with van der Waals surface area (Å²) in [5.74, 6) is -1.18. The molecular weight excluding hydrogens is 442 g/mol. The van der Waals surface area contributed by atoms with Crippen molar-refractivity contribution in [1.82, 2.24) is 15.1 Å². The molecule has 29 heavy (non-hydrogen) atoms. The lowest BCUT2D eigenvalue weighted by molar-refractivity contribution is 0.102. The predicted molar refractivity (Wildman–Crippen MR) is 110 cm³/mol. The molecule has 8 heteroatoms. The fraction of sp³-hybridized carbons (Fsp3) is 0.238. The Bertz CT molecular complexity index is 1030. The van der Waals surface area contributed by atoms with Gasteiger partial charge in [0.25, 0.3) is 5.91 Å². The van der Waals surface area contributed by atoms with Crippen molar-refractivity contribution in [1.29, 1.82) is 0 Å². The van der Waals surface area contributed by atoms with Gasteiger partial charge in [0.2, 0.25) is 0 Å². The fourth-order valence-corrected chi connectivity index (χ4v) is 3.92. The third-order valence-corrected chi connectivity index (χ3v) is 5.52. The monoisotopic (exact) mass is 460 g/mol. The molecule has 1 aliphatic heterocycles. The van der Waals surface area contributed by atoms with Gasteiger partial charge in [0.1, 0.15) is 11.6 Å². The van der Waals surface area contributed by atoms with E-state index in [1.54, 1.807) is 22.9 Å². The normalized spacial score (nSPS) is 14.7. The minimum Gasteiger partial charge on any atom is -0.319 e. The van der Waals surface area contributed by atoms with E-state index < -0.39 is 11.7 Å². The van der Waals surface area contributed by atoms with Gasteiger partial charge in [0.15, 0.2) is 0 Å². The van der Waals surface area contributed by atoms with Crippen molar-refractivity contribution in [2.24, 2.45) is 0 Å². The van der Waals surface area contributed by atoms with E-state index in [0.29, 0.717) is 15.7 Å². The van der Waals surface area contributed by atoms with Crippen LogP contribution in [-0.4, -0.2) is 28.8 Å². The Morgan fingerprint density at radius 3 is 2.55 bits per heavy atom. The summed E-state index contributed by atoms with van der Waals surface area (Å²) in [6.07, 6.45) is 3.19. The molecule has 2 N–H and O–H groups in total. The van der Waals surface area contributed by atoms with Crippen LogP contribution in [0.4, 0.5) is 14.5 Å². The van der Waals surface area contributed by atoms with Gasteiger partial charge in [-0.1, -0.05) is 15.9 Å². The van der Waals surface area contributed by atoms with Crippen LogP contribution in [-0.2, 0) is 0 Å². The highest BCUT2D eigenvalue weighted by Gasteiger charge is 2.27. The van der Waals surface area contributed by atoms with Crippen molar-refractivity contribution >= 4 is 27.5 Å². The Balaban J connectivity index is 1.72. The number of hydrogen-bond acceptors (Lipinski definition) is 3. The molecule has 0 radical (unpaired) electrons. The van der Waals surface area contributed by atoms with Crippen molar-refractivity contribution in [3.63, 3.8) is 0 Å². The van der Waals surface area contributed by atoms with Gasteiger partial charge in [-0.3, -0.25) is 4.79 Å². The topological polar surface area (TPSA) is 59.0 Å². The molecule has 0 atom stereocenters. The maximum absolute atomic E-state index is 14.2. The first kappa shape index (κ1) is 19.7. The van der Waals surface area contributed by atoms with Crippen LogP contribution in [0.1, 0.15) is 34.8 Å². The molecule has 2 heterocycles. The number of benzene rings is 2. The molecule has 1 fully saturated rings. The summed E-state index contributed by atoms with van der Waals surface area (Å²) in [5.41, 5.74) is 1.93. The molecule has 0 spiro atoms. The number of amides is 1. The second kappa shape index (κ2) is 8.42. The molecule has 1 aliphatic rings. The zero-order chi connectivity index (χ0) is 20.4. The number of anilines is 1. The third kappa shape index (κ3) is 4.23. The maximum atomic E-state index is 14.2. The summed E-state index contributed by atoms with van der Waals surface area (Å²) in [4.78, 5) is 13.0. The summed E-state index contributed by atoms with van der Waals surface area (Å²) in [6, 6.07) is 10.4. The van der Waals surface area contributed by atoms with E-state index in [2.05, 4.69) is 31.7 Å². The first-order chi connectivity index (χ1) is 14.0. The first-order valence-corrected chi connectivity index (χ1v) is 10.1. The largest absolute Gasteiger partial charge is 0.319 e. The average molecular weight is 461 g/mol. The van der Waals surface area contributed by atoms with E-state index in [0.717, 1.165) is 31.6 Å². The second-order valence-electron chi connectivity index (χ2n) is 6.93. The zero-order valence-corrected chi connectivity index (χ0v) is 17.0. The molecule has 3 aromatic rings. The molecule has 0 saturated carbocycles. The summed E-state index contributed by atoms with van der Waals surface area (Å²) in [6.45, 7) is 1.67. The van der Waals surface area contributed by atoms with Crippen molar-refractivity contribution in [3.05, 3.63) is 76.0 Å². The Morgan fingerprint density at radius 1 is 1.14 bits per heavy atom. The van der Waals surface area contributed by atoms with Gasteiger partial charge in [-0.05, 0) is 68.4 Å². The standard InChI is InChI=1S/C21H19BrF2N4O/c22-14-1-6-19(18(24)11-14)27-21(29)17-12-26-28(16-4-2-15(23)3-5-16)20(17)13-7-9-25-10-8-13/h1-6,11-13,25H,7-10H2,(H,27,29). The minimum atomic E-state index is -0.526. The van der Waals surface area contributed by atoms with Crippen LogP contribution in [0, 0.1) is 11.6 Å². The second-order valence-corrected chi connectivity index (χ2v) is 7.85. The zero-order valence-electron chi connectivity index (χ0n) is 15.5. The lowest BCUT2D eigenvalue weighted by Gasteiger charge is -2.24. The van der Waals surface area contributed by atoms with Gasteiger partial charge in [-0.2, -0.15) is 5.10 Å². The van der Waals surface area contributed by atoms with E-state index in [-0.39, 0.29) is 17.4 Å². The molecule has 0 unspecified atom stereocenters. The number of carbonyl (C=O) groups excluding carboxylic acids is 1. The average Bonchev–Trinajstić information content (AvgIpc) is 3.16. The number of aromatic nitrogens is 2. The van der Waals surface area contributed by atoms with E-state index >= 15 is 0 Å². The van der Waals surface area contributed by atoms with Crippen molar-refractivity contribution in [2.45, 2.75) is 18.8 Å². The highest BCUT2D eigenvalue weighted by molar-refractivity contribution is 9.10. The third-order valence-electron chi connectivity index (χ3n) is 5.03. The highest BCUT2D eigenvalue weighted by Crippen LogP contribution is 2.31. The molecule has 2 aromatic carbocycles. The number of nitrogens with zero attached hydrogens (tertiary/aromatic N) is 2. The summed E-state index contributed by atoms with van der Waals surface area (Å²) in [5, 5.41) is 10.4. The lowest BCUT2D eigenvalue weighted by Crippen LogP contribution is -2.29. The maximum Gasteiger partial charge on any atom is 0.259 e. The molecule has 4 rings (SSSR count). The molecule has 1 saturated heterocycles. The van der Waals surface area contributed by atoms with E-state index in [1.165, 1.54) is 30.5 Å². The van der Waals surface area contributed by atoms with Crippen LogP contribution in [0.2, 0.25) is 0 Å². The Kier molecular flexibility index (Phi) is 5.73. The summed E-state index contributed by atoms with van der Waals surface area (Å²) in [7, 11) is 0. The number of piperidine rings is 1. The molecule has 0 bridgehead atoms. The Labute approximate surface area is 175 Å². The van der Waals surface area contributed by atoms with E-state index in [4.69, 9.17) is 0 Å². The van der Waals surface area contributed by atoms with Gasteiger partial charge >= 0.3 is 0 Å². The SMILES string of the molecule is O=C(Nc1ccc(Br)cc1F)c1cnn(-c2ccc(F)cc2)c1C1CCNCC1. The Hall–Kier alpha value is -2.58. The number of hydrogen-bond donors (Lipinski definition) is 2. The summed E-state index contributed by atoms with van der Waals surface area (Å²) >= 11 is 3.21. The Morgan fingerprint density at radius 2 is 1.86 bits per heavy atom. The molecule has 150 valence electrons. The van der Waals surface area contributed by atoms with Crippen molar-refractivity contribution in [3.8, 4) is 5.69 Å². The number of carbonyl (C=O) groups is 1. The van der Waals surface area contributed by atoms with Crippen LogP contribution in [0.3, 0.4) is 0 Å². The number of rotatable bonds is 4. The van der Waals surface area contributed by atoms with Crippen LogP contribution < -0.4 is 10.6 Å². The fourth-order valence-electron chi connectivity index (χ4n) is 3.59. The number of halogens is 3. The van der Waals surface area contributed by atoms with Gasteiger partial charge in [0.05, 0.1) is 28.8 Å². The van der Waals surface area contributed by atoms with E-state index in [9.17, 15) is 13.6 Å². The van der Waals surface area contributed by atoms with Crippen molar-refractivity contribution in [2.75, 3.05) is 18.4 Å². The van der Waals surface area contributed by atoms with Crippen LogP contribution in [0.15, 0.2) is 53.1 Å². The molecule has 1 aromatic heterocycles. The molecule has 0 aliphatic carbocycles. The lowest BCUT2D eigenvalue weighted by atomic mass is 9.91. The minimum absolute atomic E-state index is 0.101. The molecule has 1 amide bonds. The summed E-state index contributed by atoms with van der Waals surface area (Å²) < 4.78 is 29.8. The smallest absolute Gasteiger partial charge is 0.259 e. The first-order valence-electron chi connectivity index (χ1n) is 9.34. The van der Waals surface area contributed by atoms with Crippen LogP contribution in [0.25, 0.3) is 5.69 Å². The quantitative estimate of drug-likeness (QED) is 0.596.